The summed E-state index contributed by atoms with van der Waals surface area (Å²) in [5, 5.41) is 0. The fourth-order valence-corrected chi connectivity index (χ4v) is 3.31. The molecule has 0 aliphatic carbocycles. The van der Waals surface area contributed by atoms with Gasteiger partial charge in [-0.15, -0.1) is 0 Å². The summed E-state index contributed by atoms with van der Waals surface area (Å²) in [6.07, 6.45) is 0.477. The molecule has 6 heteroatoms. The Hall–Kier alpha value is -2.76. The van der Waals surface area contributed by atoms with Crippen molar-refractivity contribution in [3.8, 4) is 17.2 Å². The highest BCUT2D eigenvalue weighted by Gasteiger charge is 2.37. The predicted molar refractivity (Wildman–Crippen MR) is 93.1 cm³/mol. The van der Waals surface area contributed by atoms with Crippen molar-refractivity contribution in [2.75, 3.05) is 26.8 Å². The van der Waals surface area contributed by atoms with E-state index >= 15 is 0 Å². The van der Waals surface area contributed by atoms with E-state index in [1.165, 1.54) is 6.07 Å². The second-order valence-electron chi connectivity index (χ2n) is 6.60. The van der Waals surface area contributed by atoms with Gasteiger partial charge in [-0.3, -0.25) is 4.79 Å². The maximum absolute atomic E-state index is 13.6. The number of ether oxygens (including phenoxy) is 3. The normalized spacial score (nSPS) is 19.2. The number of benzene rings is 2. The van der Waals surface area contributed by atoms with Crippen LogP contribution in [0.15, 0.2) is 42.5 Å². The molecule has 26 heavy (non-hydrogen) atoms. The summed E-state index contributed by atoms with van der Waals surface area (Å²) in [6, 6.07) is 12.0. The first-order valence-electron chi connectivity index (χ1n) is 8.63. The second-order valence-corrected chi connectivity index (χ2v) is 6.60. The summed E-state index contributed by atoms with van der Waals surface area (Å²) in [5.74, 6) is 1.21. The van der Waals surface area contributed by atoms with Crippen molar-refractivity contribution < 1.29 is 23.4 Å². The third kappa shape index (κ3) is 3.19. The molecule has 0 saturated carbocycles. The summed E-state index contributed by atoms with van der Waals surface area (Å²) in [6.45, 7) is 1.30. The van der Waals surface area contributed by atoms with E-state index in [0.717, 1.165) is 17.1 Å². The number of halogens is 1. The van der Waals surface area contributed by atoms with Crippen LogP contribution in [0, 0.1) is 11.7 Å². The molecule has 1 atom stereocenters. The number of amides is 1. The van der Waals surface area contributed by atoms with Gasteiger partial charge in [0.05, 0.1) is 26.1 Å². The van der Waals surface area contributed by atoms with Crippen molar-refractivity contribution in [3.63, 3.8) is 0 Å². The zero-order valence-corrected chi connectivity index (χ0v) is 14.5. The van der Waals surface area contributed by atoms with Gasteiger partial charge in [0.2, 0.25) is 5.91 Å². The van der Waals surface area contributed by atoms with Gasteiger partial charge in [-0.2, -0.15) is 0 Å². The molecule has 0 N–H and O–H groups in total. The van der Waals surface area contributed by atoms with Gasteiger partial charge in [0.15, 0.2) is 11.6 Å². The number of nitrogens with zero attached hydrogens (tertiary/aromatic N) is 1. The third-order valence-electron chi connectivity index (χ3n) is 4.82. The fraction of sp³-hybridized carbons (Fsp3) is 0.350. The molecule has 5 nitrogen and oxygen atoms in total. The first-order chi connectivity index (χ1) is 12.6. The van der Waals surface area contributed by atoms with Crippen molar-refractivity contribution in [3.05, 3.63) is 53.8 Å². The number of fused-ring (bicyclic) bond motifs is 1. The summed E-state index contributed by atoms with van der Waals surface area (Å²) in [4.78, 5) is 14.4. The zero-order valence-electron chi connectivity index (χ0n) is 14.5. The Morgan fingerprint density at radius 1 is 1.23 bits per heavy atom. The minimum Gasteiger partial charge on any atom is -0.497 e. The smallest absolute Gasteiger partial charge is 0.229 e. The Morgan fingerprint density at radius 2 is 2.04 bits per heavy atom. The molecule has 2 aromatic rings. The van der Waals surface area contributed by atoms with E-state index in [0.29, 0.717) is 26.1 Å². The number of carbonyl (C=O) groups is 1. The molecular formula is C20H20FNO4. The van der Waals surface area contributed by atoms with Crippen LogP contribution in [0.5, 0.6) is 17.2 Å². The Morgan fingerprint density at radius 3 is 2.81 bits per heavy atom. The van der Waals surface area contributed by atoms with Gasteiger partial charge in [0.1, 0.15) is 24.2 Å². The Bertz CT molecular complexity index is 819. The number of hydrogen-bond donors (Lipinski definition) is 0. The standard InChI is InChI=1S/C20H20FNO4/c1-24-15-7-6-13-8-14(12-25-19(13)9-15)20(23)22-10-16(11-22)26-18-5-3-2-4-17(18)21/h2-7,9,14,16H,8,10-12H2,1H3/t14-/m1/s1. The molecule has 1 amide bonds. The topological polar surface area (TPSA) is 48.0 Å². The largest absolute Gasteiger partial charge is 0.497 e. The highest BCUT2D eigenvalue weighted by molar-refractivity contribution is 5.80. The summed E-state index contributed by atoms with van der Waals surface area (Å²) >= 11 is 0. The quantitative estimate of drug-likeness (QED) is 0.844. The minimum absolute atomic E-state index is 0.0554. The van der Waals surface area contributed by atoms with Crippen molar-refractivity contribution in [1.82, 2.24) is 4.90 Å². The van der Waals surface area contributed by atoms with Crippen LogP contribution in [0.4, 0.5) is 4.39 Å². The summed E-state index contributed by atoms with van der Waals surface area (Å²) in [7, 11) is 1.61. The van der Waals surface area contributed by atoms with Crippen molar-refractivity contribution in [2.45, 2.75) is 12.5 Å². The van der Waals surface area contributed by atoms with E-state index in [-0.39, 0.29) is 29.5 Å². The molecule has 4 rings (SSSR count). The van der Waals surface area contributed by atoms with Crippen molar-refractivity contribution in [2.24, 2.45) is 5.92 Å². The minimum atomic E-state index is -0.384. The van der Waals surface area contributed by atoms with Crippen LogP contribution in [0.1, 0.15) is 5.56 Å². The van der Waals surface area contributed by atoms with Crippen molar-refractivity contribution >= 4 is 5.91 Å². The van der Waals surface area contributed by atoms with Crippen LogP contribution >= 0.6 is 0 Å². The summed E-state index contributed by atoms with van der Waals surface area (Å²) < 4.78 is 30.2. The molecule has 0 radical (unpaired) electrons. The van der Waals surface area contributed by atoms with Gasteiger partial charge < -0.3 is 19.1 Å². The average molecular weight is 357 g/mol. The van der Waals surface area contributed by atoms with Gasteiger partial charge in [-0.05, 0) is 30.2 Å². The van der Waals surface area contributed by atoms with E-state index < -0.39 is 0 Å². The molecule has 2 aromatic carbocycles. The van der Waals surface area contributed by atoms with Gasteiger partial charge in [0, 0.05) is 6.07 Å². The van der Waals surface area contributed by atoms with Crippen LogP contribution in [0.25, 0.3) is 0 Å². The van der Waals surface area contributed by atoms with Crippen molar-refractivity contribution in [1.29, 1.82) is 0 Å². The number of carbonyl (C=O) groups excluding carboxylic acids is 1. The first-order valence-corrected chi connectivity index (χ1v) is 8.63. The molecule has 1 saturated heterocycles. The molecule has 0 aromatic heterocycles. The van der Waals surface area contributed by atoms with Crippen LogP contribution in [0.3, 0.4) is 0 Å². The van der Waals surface area contributed by atoms with Crippen LogP contribution in [-0.4, -0.2) is 43.7 Å². The van der Waals surface area contributed by atoms with Gasteiger partial charge in [0.25, 0.3) is 0 Å². The molecule has 136 valence electrons. The Kier molecular flexibility index (Phi) is 4.41. The molecule has 2 aliphatic rings. The lowest BCUT2D eigenvalue weighted by Gasteiger charge is -2.41. The predicted octanol–water partition coefficient (Wildman–Crippen LogP) is 2.68. The third-order valence-corrected chi connectivity index (χ3v) is 4.82. The molecule has 2 aliphatic heterocycles. The highest BCUT2D eigenvalue weighted by Crippen LogP contribution is 2.32. The lowest BCUT2D eigenvalue weighted by atomic mass is 9.94. The van der Waals surface area contributed by atoms with E-state index in [1.807, 2.05) is 18.2 Å². The van der Waals surface area contributed by atoms with Crippen LogP contribution in [0.2, 0.25) is 0 Å². The molecule has 0 spiro atoms. The van der Waals surface area contributed by atoms with Gasteiger partial charge in [-0.1, -0.05) is 18.2 Å². The number of para-hydroxylation sites is 1. The molecule has 1 fully saturated rings. The average Bonchev–Trinajstić information content (AvgIpc) is 2.64. The molecule has 2 heterocycles. The van der Waals surface area contributed by atoms with E-state index in [9.17, 15) is 9.18 Å². The lowest BCUT2D eigenvalue weighted by molar-refractivity contribution is -0.146. The van der Waals surface area contributed by atoms with Crippen LogP contribution in [-0.2, 0) is 11.2 Å². The number of hydrogen-bond acceptors (Lipinski definition) is 4. The Labute approximate surface area is 151 Å². The molecular weight excluding hydrogens is 337 g/mol. The SMILES string of the molecule is COc1ccc2c(c1)OC[C@H](C(=O)N1CC(Oc3ccccc3F)C1)C2. The lowest BCUT2D eigenvalue weighted by Crippen LogP contribution is -2.58. The number of likely N-dealkylation sites (tertiary alicyclic amines) is 1. The van der Waals surface area contributed by atoms with Gasteiger partial charge >= 0.3 is 0 Å². The monoisotopic (exact) mass is 357 g/mol. The zero-order chi connectivity index (χ0) is 18.1. The highest BCUT2D eigenvalue weighted by atomic mass is 19.1. The molecule has 0 bridgehead atoms. The van der Waals surface area contributed by atoms with Crippen LogP contribution < -0.4 is 14.2 Å². The van der Waals surface area contributed by atoms with Gasteiger partial charge in [-0.25, -0.2) is 4.39 Å². The first kappa shape index (κ1) is 16.7. The molecule has 0 unspecified atom stereocenters. The fourth-order valence-electron chi connectivity index (χ4n) is 3.31. The Balaban J connectivity index is 1.33. The number of methoxy groups -OCH3 is 1. The maximum atomic E-state index is 13.6. The van der Waals surface area contributed by atoms with E-state index in [4.69, 9.17) is 14.2 Å². The van der Waals surface area contributed by atoms with E-state index in [2.05, 4.69) is 0 Å². The summed E-state index contributed by atoms with van der Waals surface area (Å²) in [5.41, 5.74) is 1.01. The van der Waals surface area contributed by atoms with E-state index in [1.54, 1.807) is 30.2 Å². The second kappa shape index (κ2) is 6.86. The maximum Gasteiger partial charge on any atom is 0.229 e. The number of rotatable bonds is 4.